The standard InChI is InChI=1S/C22H18F2N4O2/c23-22(24)9-11-27(21(29)16-5-3-10-28-14-25-12-18(16)28)13-19(22)30-20-8-7-15-4-1-2-6-17(15)26-20/h1-8,10,12,14,19H,9,11,13H2/t19-/m0/s1. The number of aromatic nitrogens is 3. The van der Waals surface area contributed by atoms with E-state index in [2.05, 4.69) is 9.97 Å². The summed E-state index contributed by atoms with van der Waals surface area (Å²) in [6.45, 7) is -0.276. The molecular formula is C22H18F2N4O2. The van der Waals surface area contributed by atoms with Gasteiger partial charge in [0.25, 0.3) is 11.8 Å². The number of amides is 1. The van der Waals surface area contributed by atoms with Crippen LogP contribution < -0.4 is 4.74 Å². The molecule has 0 spiro atoms. The molecule has 0 radical (unpaired) electrons. The number of hydrogen-bond donors (Lipinski definition) is 0. The molecule has 0 aliphatic carbocycles. The predicted molar refractivity (Wildman–Crippen MR) is 107 cm³/mol. The van der Waals surface area contributed by atoms with Gasteiger partial charge in [-0.3, -0.25) is 4.79 Å². The van der Waals surface area contributed by atoms with Gasteiger partial charge in [-0.25, -0.2) is 18.7 Å². The average Bonchev–Trinajstić information content (AvgIpc) is 3.23. The molecule has 6 nitrogen and oxygen atoms in total. The fourth-order valence-corrected chi connectivity index (χ4v) is 3.74. The largest absolute Gasteiger partial charge is 0.466 e. The molecule has 152 valence electrons. The van der Waals surface area contributed by atoms with Gasteiger partial charge in [-0.15, -0.1) is 0 Å². The van der Waals surface area contributed by atoms with Crippen molar-refractivity contribution in [3.8, 4) is 5.88 Å². The van der Waals surface area contributed by atoms with Gasteiger partial charge in [0.15, 0.2) is 6.10 Å². The molecule has 0 N–H and O–H groups in total. The lowest BCUT2D eigenvalue weighted by atomic mass is 10.0. The molecule has 0 bridgehead atoms. The Hall–Kier alpha value is -3.55. The first-order valence-corrected chi connectivity index (χ1v) is 9.61. The van der Waals surface area contributed by atoms with Gasteiger partial charge >= 0.3 is 0 Å². The van der Waals surface area contributed by atoms with Gasteiger partial charge in [0.2, 0.25) is 5.88 Å². The van der Waals surface area contributed by atoms with Gasteiger partial charge < -0.3 is 14.0 Å². The minimum absolute atomic E-state index is 0.0496. The summed E-state index contributed by atoms with van der Waals surface area (Å²) in [6, 6.07) is 14.1. The highest BCUT2D eigenvalue weighted by molar-refractivity contribution is 6.00. The Morgan fingerprint density at radius 3 is 2.90 bits per heavy atom. The van der Waals surface area contributed by atoms with Crippen molar-refractivity contribution in [3.63, 3.8) is 0 Å². The lowest BCUT2D eigenvalue weighted by molar-refractivity contribution is -0.131. The Morgan fingerprint density at radius 2 is 2.00 bits per heavy atom. The molecule has 5 rings (SSSR count). The van der Waals surface area contributed by atoms with Crippen molar-refractivity contribution in [2.45, 2.75) is 18.4 Å². The summed E-state index contributed by atoms with van der Waals surface area (Å²) >= 11 is 0. The zero-order valence-electron chi connectivity index (χ0n) is 15.9. The number of hydrogen-bond acceptors (Lipinski definition) is 4. The monoisotopic (exact) mass is 408 g/mol. The van der Waals surface area contributed by atoms with Crippen LogP contribution in [0.25, 0.3) is 16.4 Å². The second-order valence-corrected chi connectivity index (χ2v) is 7.32. The van der Waals surface area contributed by atoms with Crippen LogP contribution >= 0.6 is 0 Å². The number of halogens is 2. The molecule has 1 aliphatic rings. The van der Waals surface area contributed by atoms with Crippen LogP contribution in [0, 0.1) is 0 Å². The molecule has 1 saturated heterocycles. The number of carbonyl (C=O) groups excluding carboxylic acids is 1. The highest BCUT2D eigenvalue weighted by atomic mass is 19.3. The molecule has 30 heavy (non-hydrogen) atoms. The maximum Gasteiger partial charge on any atom is 0.287 e. The number of imidazole rings is 1. The van der Waals surface area contributed by atoms with E-state index in [1.54, 1.807) is 53.5 Å². The third kappa shape index (κ3) is 3.24. The van der Waals surface area contributed by atoms with Crippen LogP contribution in [0.15, 0.2) is 67.3 Å². The van der Waals surface area contributed by atoms with Crippen LogP contribution in [0.5, 0.6) is 5.88 Å². The Morgan fingerprint density at radius 1 is 1.13 bits per heavy atom. The first-order valence-electron chi connectivity index (χ1n) is 9.61. The quantitative estimate of drug-likeness (QED) is 0.517. The van der Waals surface area contributed by atoms with E-state index in [1.165, 1.54) is 4.90 Å². The fraction of sp³-hybridized carbons (Fsp3) is 0.227. The van der Waals surface area contributed by atoms with Gasteiger partial charge in [-0.2, -0.15) is 0 Å². The van der Waals surface area contributed by atoms with E-state index < -0.39 is 18.4 Å². The Balaban J connectivity index is 1.40. The highest BCUT2D eigenvalue weighted by Crippen LogP contribution is 2.32. The van der Waals surface area contributed by atoms with Gasteiger partial charge in [-0.1, -0.05) is 18.2 Å². The first kappa shape index (κ1) is 18.5. The van der Waals surface area contributed by atoms with Crippen molar-refractivity contribution in [1.82, 2.24) is 19.3 Å². The van der Waals surface area contributed by atoms with E-state index in [9.17, 15) is 13.6 Å². The van der Waals surface area contributed by atoms with E-state index >= 15 is 0 Å². The maximum absolute atomic E-state index is 14.6. The van der Waals surface area contributed by atoms with E-state index in [-0.39, 0.29) is 24.9 Å². The summed E-state index contributed by atoms with van der Waals surface area (Å²) in [5, 5.41) is 0.894. The number of benzene rings is 1. The molecule has 1 aliphatic heterocycles. The number of rotatable bonds is 3. The summed E-state index contributed by atoms with van der Waals surface area (Å²) in [4.78, 5) is 22.8. The minimum atomic E-state index is -3.06. The molecule has 4 aromatic rings. The molecule has 0 unspecified atom stereocenters. The SMILES string of the molecule is O=C(c1cccn2cncc12)N1CCC(F)(F)[C@@H](Oc2ccc3ccccc3n2)C1. The smallest absolute Gasteiger partial charge is 0.287 e. The zero-order chi connectivity index (χ0) is 20.7. The van der Waals surface area contributed by atoms with Crippen LogP contribution in [-0.2, 0) is 0 Å². The number of fused-ring (bicyclic) bond motifs is 2. The second-order valence-electron chi connectivity index (χ2n) is 7.32. The van der Waals surface area contributed by atoms with Crippen LogP contribution in [0.2, 0.25) is 0 Å². The lowest BCUT2D eigenvalue weighted by Gasteiger charge is -2.38. The number of ether oxygens (including phenoxy) is 1. The summed E-state index contributed by atoms with van der Waals surface area (Å²) in [5.41, 5.74) is 1.71. The topological polar surface area (TPSA) is 59.7 Å². The summed E-state index contributed by atoms with van der Waals surface area (Å²) < 4.78 is 36.5. The van der Waals surface area contributed by atoms with Crippen molar-refractivity contribution in [3.05, 3.63) is 72.8 Å². The van der Waals surface area contributed by atoms with Crippen LogP contribution in [-0.4, -0.2) is 50.3 Å². The number of alkyl halides is 2. The predicted octanol–water partition coefficient (Wildman–Crippen LogP) is 3.81. The van der Waals surface area contributed by atoms with E-state index in [4.69, 9.17) is 4.74 Å². The van der Waals surface area contributed by atoms with Crippen molar-refractivity contribution in [2.24, 2.45) is 0 Å². The maximum atomic E-state index is 14.6. The normalized spacial score (nSPS) is 18.6. The molecule has 1 fully saturated rings. The van der Waals surface area contributed by atoms with Crippen molar-refractivity contribution < 1.29 is 18.3 Å². The Bertz CT molecular complexity index is 1240. The van der Waals surface area contributed by atoms with Crippen molar-refractivity contribution >= 4 is 22.3 Å². The molecule has 8 heteroatoms. The molecule has 1 atom stereocenters. The van der Waals surface area contributed by atoms with Gasteiger partial charge in [0.1, 0.15) is 0 Å². The van der Waals surface area contributed by atoms with Crippen LogP contribution in [0.3, 0.4) is 0 Å². The first-order chi connectivity index (χ1) is 14.5. The summed E-state index contributed by atoms with van der Waals surface area (Å²) in [7, 11) is 0. The number of pyridine rings is 2. The zero-order valence-corrected chi connectivity index (χ0v) is 15.9. The number of carbonyl (C=O) groups is 1. The van der Waals surface area contributed by atoms with Gasteiger partial charge in [0.05, 0.1) is 35.7 Å². The molecule has 0 saturated carbocycles. The number of nitrogens with zero attached hydrogens (tertiary/aromatic N) is 4. The number of para-hydroxylation sites is 1. The second kappa shape index (κ2) is 7.05. The van der Waals surface area contributed by atoms with Gasteiger partial charge in [-0.05, 0) is 24.3 Å². The third-order valence-corrected chi connectivity index (χ3v) is 5.38. The van der Waals surface area contributed by atoms with E-state index in [0.29, 0.717) is 16.6 Å². The Kier molecular flexibility index (Phi) is 4.34. The van der Waals surface area contributed by atoms with E-state index in [1.807, 2.05) is 18.2 Å². The summed E-state index contributed by atoms with van der Waals surface area (Å²) in [5.74, 6) is -3.27. The number of likely N-dealkylation sites (tertiary alicyclic amines) is 1. The lowest BCUT2D eigenvalue weighted by Crippen LogP contribution is -2.55. The minimum Gasteiger partial charge on any atom is -0.466 e. The van der Waals surface area contributed by atoms with Crippen molar-refractivity contribution in [1.29, 1.82) is 0 Å². The van der Waals surface area contributed by atoms with E-state index in [0.717, 1.165) is 5.39 Å². The van der Waals surface area contributed by atoms with Crippen molar-refractivity contribution in [2.75, 3.05) is 13.1 Å². The van der Waals surface area contributed by atoms with Gasteiger partial charge in [0, 0.05) is 30.6 Å². The number of piperidine rings is 1. The Labute approximate surface area is 170 Å². The third-order valence-electron chi connectivity index (χ3n) is 5.38. The van der Waals surface area contributed by atoms with Crippen LogP contribution in [0.1, 0.15) is 16.8 Å². The summed E-state index contributed by atoms with van der Waals surface area (Å²) in [6.07, 6.45) is 3.00. The molecule has 1 aromatic carbocycles. The molecular weight excluding hydrogens is 390 g/mol. The fourth-order valence-electron chi connectivity index (χ4n) is 3.74. The molecule has 1 amide bonds. The highest BCUT2D eigenvalue weighted by Gasteiger charge is 2.47. The molecule has 4 heterocycles. The average molecular weight is 408 g/mol. The molecule has 3 aromatic heterocycles. The van der Waals surface area contributed by atoms with Crippen LogP contribution in [0.4, 0.5) is 8.78 Å².